The van der Waals surface area contributed by atoms with Crippen molar-refractivity contribution in [2.45, 2.75) is 329 Å². The summed E-state index contributed by atoms with van der Waals surface area (Å²) < 4.78 is 16.7. The normalized spacial score (nSPS) is 12.4. The lowest BCUT2D eigenvalue weighted by atomic mass is 10.0. The number of unbranched alkanes of at least 4 members (excludes halogenated alkanes) is 37. The van der Waals surface area contributed by atoms with Crippen LogP contribution in [0.15, 0.2) is 60.8 Å². The predicted octanol–water partition coefficient (Wildman–Crippen LogP) is 21.2. The lowest BCUT2D eigenvalue weighted by molar-refractivity contribution is -0.166. The Hall–Kier alpha value is -2.89. The van der Waals surface area contributed by atoms with Gasteiger partial charge in [-0.15, -0.1) is 0 Å². The zero-order chi connectivity index (χ0) is 52.2. The van der Waals surface area contributed by atoms with Crippen molar-refractivity contribution in [3.8, 4) is 0 Å². The van der Waals surface area contributed by atoms with Crippen molar-refractivity contribution in [2.24, 2.45) is 0 Å². The standard InChI is InChI=1S/C66H118O6/c1-4-7-10-13-16-19-21-23-25-26-27-28-29-30-31-32-33-34-35-36-37-38-39-41-42-44-47-50-53-56-59-65(68)71-62-63(61-70-64(67)58-55-52-49-46-18-15-12-9-6-3)72-66(69)60-57-54-51-48-45-43-40-24-22-20-17-14-11-8-5-2/h8,11,17,20,24,40,45,48,54,57,63H,4-7,9-10,12-16,18-19,21-23,25-39,41-44,46-47,49-53,55-56,58-62H2,1-3H3/b11-8-,20-17-,40-24-,48-45-,57-54-. The van der Waals surface area contributed by atoms with Crippen LogP contribution < -0.4 is 0 Å². The Morgan fingerprint density at radius 1 is 0.292 bits per heavy atom. The molecule has 0 aliphatic carbocycles. The van der Waals surface area contributed by atoms with E-state index < -0.39 is 12.1 Å². The number of hydrogen-bond acceptors (Lipinski definition) is 6. The maximum absolute atomic E-state index is 12.8. The van der Waals surface area contributed by atoms with Crippen LogP contribution in [0.1, 0.15) is 323 Å². The Morgan fingerprint density at radius 2 is 0.528 bits per heavy atom. The molecule has 418 valence electrons. The van der Waals surface area contributed by atoms with E-state index in [2.05, 4.69) is 69.4 Å². The molecular formula is C66H118O6. The molecule has 1 atom stereocenters. The molecule has 72 heavy (non-hydrogen) atoms. The Balaban J connectivity index is 4.11. The highest BCUT2D eigenvalue weighted by atomic mass is 16.6. The van der Waals surface area contributed by atoms with Crippen LogP contribution in [0, 0.1) is 0 Å². The topological polar surface area (TPSA) is 78.9 Å². The summed E-state index contributed by atoms with van der Waals surface area (Å²) in [5, 5.41) is 0. The average Bonchev–Trinajstić information content (AvgIpc) is 3.38. The van der Waals surface area contributed by atoms with Crippen molar-refractivity contribution in [1.82, 2.24) is 0 Å². The third-order valence-corrected chi connectivity index (χ3v) is 13.8. The van der Waals surface area contributed by atoms with E-state index >= 15 is 0 Å². The zero-order valence-electron chi connectivity index (χ0n) is 47.9. The summed E-state index contributed by atoms with van der Waals surface area (Å²) in [7, 11) is 0. The summed E-state index contributed by atoms with van der Waals surface area (Å²) >= 11 is 0. The molecule has 0 amide bonds. The molecule has 0 heterocycles. The van der Waals surface area contributed by atoms with Crippen LogP contribution in [0.3, 0.4) is 0 Å². The molecule has 0 aliphatic heterocycles. The molecule has 0 spiro atoms. The molecule has 6 nitrogen and oxygen atoms in total. The van der Waals surface area contributed by atoms with E-state index in [-0.39, 0.29) is 31.6 Å². The van der Waals surface area contributed by atoms with Crippen LogP contribution in [0.5, 0.6) is 0 Å². The SMILES string of the molecule is CC/C=C\C/C=C\C/C=C\C/C=C\C/C=C\CC(=O)OC(COC(=O)CCCCCCCCCCC)COC(=O)CCCCCCCCCCCCCCCCCCCCCCCCCCCCCCCC. The quantitative estimate of drug-likeness (QED) is 0.0261. The number of hydrogen-bond donors (Lipinski definition) is 0. The fourth-order valence-electron chi connectivity index (χ4n) is 9.17. The van der Waals surface area contributed by atoms with Crippen LogP contribution in [-0.2, 0) is 28.6 Å². The van der Waals surface area contributed by atoms with Crippen LogP contribution in [0.2, 0.25) is 0 Å². The van der Waals surface area contributed by atoms with E-state index in [9.17, 15) is 14.4 Å². The van der Waals surface area contributed by atoms with E-state index in [0.29, 0.717) is 12.8 Å². The molecule has 0 saturated heterocycles. The van der Waals surface area contributed by atoms with Gasteiger partial charge in [-0.1, -0.05) is 319 Å². The molecule has 0 fully saturated rings. The number of carbonyl (C=O) groups is 3. The van der Waals surface area contributed by atoms with Crippen molar-refractivity contribution < 1.29 is 28.6 Å². The van der Waals surface area contributed by atoms with Crippen LogP contribution in [0.25, 0.3) is 0 Å². The second kappa shape index (κ2) is 60.7. The molecule has 0 rings (SSSR count). The van der Waals surface area contributed by atoms with Gasteiger partial charge >= 0.3 is 17.9 Å². The fourth-order valence-corrected chi connectivity index (χ4v) is 9.17. The van der Waals surface area contributed by atoms with Crippen LogP contribution in [0.4, 0.5) is 0 Å². The van der Waals surface area contributed by atoms with Crippen molar-refractivity contribution in [3.05, 3.63) is 60.8 Å². The molecule has 0 aromatic heterocycles. The van der Waals surface area contributed by atoms with Gasteiger partial charge in [-0.3, -0.25) is 14.4 Å². The highest BCUT2D eigenvalue weighted by molar-refractivity contribution is 5.72. The second-order valence-corrected chi connectivity index (χ2v) is 21.0. The summed E-state index contributed by atoms with van der Waals surface area (Å²) in [6, 6.07) is 0. The minimum Gasteiger partial charge on any atom is -0.462 e. The summed E-state index contributed by atoms with van der Waals surface area (Å²) in [5.74, 6) is -1.03. The minimum absolute atomic E-state index is 0.101. The Morgan fingerprint density at radius 3 is 0.792 bits per heavy atom. The summed E-state index contributed by atoms with van der Waals surface area (Å²) in [4.78, 5) is 38.0. The second-order valence-electron chi connectivity index (χ2n) is 21.0. The van der Waals surface area contributed by atoms with E-state index in [1.807, 2.05) is 6.08 Å². The summed E-state index contributed by atoms with van der Waals surface area (Å²) in [5.41, 5.74) is 0. The number of carbonyl (C=O) groups excluding carboxylic acids is 3. The number of rotatable bonds is 57. The van der Waals surface area contributed by atoms with Gasteiger partial charge in [0.2, 0.25) is 0 Å². The smallest absolute Gasteiger partial charge is 0.310 e. The minimum atomic E-state index is -0.824. The van der Waals surface area contributed by atoms with Crippen molar-refractivity contribution >= 4 is 17.9 Å². The predicted molar refractivity (Wildman–Crippen MR) is 312 cm³/mol. The number of ether oxygens (including phenoxy) is 3. The van der Waals surface area contributed by atoms with Gasteiger partial charge in [0.1, 0.15) is 13.2 Å². The molecule has 0 saturated carbocycles. The lowest BCUT2D eigenvalue weighted by Crippen LogP contribution is -2.30. The molecule has 6 heteroatoms. The highest BCUT2D eigenvalue weighted by Crippen LogP contribution is 2.18. The van der Waals surface area contributed by atoms with Crippen LogP contribution >= 0.6 is 0 Å². The van der Waals surface area contributed by atoms with Crippen LogP contribution in [-0.4, -0.2) is 37.2 Å². The van der Waals surface area contributed by atoms with E-state index in [1.165, 1.54) is 212 Å². The Labute approximate surface area is 447 Å². The van der Waals surface area contributed by atoms with Gasteiger partial charge in [0, 0.05) is 12.8 Å². The molecule has 1 unspecified atom stereocenters. The molecule has 0 aromatic carbocycles. The van der Waals surface area contributed by atoms with Gasteiger partial charge in [-0.2, -0.15) is 0 Å². The first kappa shape index (κ1) is 69.1. The monoisotopic (exact) mass is 1010 g/mol. The van der Waals surface area contributed by atoms with E-state index in [4.69, 9.17) is 14.2 Å². The number of allylic oxidation sites excluding steroid dienone is 9. The third kappa shape index (κ3) is 58.0. The Bertz CT molecular complexity index is 1290. The van der Waals surface area contributed by atoms with Crippen molar-refractivity contribution in [3.63, 3.8) is 0 Å². The lowest BCUT2D eigenvalue weighted by Gasteiger charge is -2.18. The number of esters is 3. The first-order valence-electron chi connectivity index (χ1n) is 31.3. The molecule has 0 N–H and O–H groups in total. The van der Waals surface area contributed by atoms with E-state index in [0.717, 1.165) is 70.6 Å². The highest BCUT2D eigenvalue weighted by Gasteiger charge is 2.19. The van der Waals surface area contributed by atoms with Gasteiger partial charge in [0.15, 0.2) is 6.10 Å². The molecule has 0 aromatic rings. The van der Waals surface area contributed by atoms with Gasteiger partial charge in [0.25, 0.3) is 0 Å². The Kier molecular flexibility index (Phi) is 58.2. The van der Waals surface area contributed by atoms with Gasteiger partial charge in [0.05, 0.1) is 6.42 Å². The summed E-state index contributed by atoms with van der Waals surface area (Å²) in [6.07, 6.45) is 77.2. The van der Waals surface area contributed by atoms with Crippen molar-refractivity contribution in [1.29, 1.82) is 0 Å². The fraction of sp³-hybridized carbons (Fsp3) is 0.803. The largest absolute Gasteiger partial charge is 0.462 e. The van der Waals surface area contributed by atoms with Gasteiger partial charge in [-0.05, 0) is 44.9 Å². The maximum atomic E-state index is 12.8. The average molecular weight is 1010 g/mol. The maximum Gasteiger partial charge on any atom is 0.310 e. The third-order valence-electron chi connectivity index (χ3n) is 13.8. The van der Waals surface area contributed by atoms with Gasteiger partial charge < -0.3 is 14.2 Å². The molecule has 0 radical (unpaired) electrons. The molecule has 0 aliphatic rings. The zero-order valence-corrected chi connectivity index (χ0v) is 47.9. The van der Waals surface area contributed by atoms with Crippen molar-refractivity contribution in [2.75, 3.05) is 13.2 Å². The van der Waals surface area contributed by atoms with Gasteiger partial charge in [-0.25, -0.2) is 0 Å². The summed E-state index contributed by atoms with van der Waals surface area (Å²) in [6.45, 7) is 6.46. The first-order valence-corrected chi connectivity index (χ1v) is 31.3. The first-order chi connectivity index (χ1) is 35.5. The van der Waals surface area contributed by atoms with E-state index in [1.54, 1.807) is 6.08 Å². The molecular weight excluding hydrogens is 889 g/mol. The molecule has 0 bridgehead atoms.